The van der Waals surface area contributed by atoms with Crippen molar-refractivity contribution in [3.63, 3.8) is 0 Å². The summed E-state index contributed by atoms with van der Waals surface area (Å²) in [4.78, 5) is 0. The van der Waals surface area contributed by atoms with Crippen LogP contribution in [0.3, 0.4) is 0 Å². The van der Waals surface area contributed by atoms with Gasteiger partial charge in [0.15, 0.2) is 0 Å². The van der Waals surface area contributed by atoms with E-state index < -0.39 is 0 Å². The van der Waals surface area contributed by atoms with E-state index in [9.17, 15) is 0 Å². The van der Waals surface area contributed by atoms with E-state index in [-0.39, 0.29) is 0 Å². The van der Waals surface area contributed by atoms with Gasteiger partial charge in [0.1, 0.15) is 0 Å². The first kappa shape index (κ1) is 13.8. The Bertz CT molecular complexity index is 295. The van der Waals surface area contributed by atoms with Crippen LogP contribution in [0.1, 0.15) is 19.4 Å². The molecular weight excluding hydrogens is 241 g/mol. The molecule has 1 rings (SSSR count). The van der Waals surface area contributed by atoms with Crippen LogP contribution in [0.15, 0.2) is 24.3 Å². The predicted molar refractivity (Wildman–Crippen MR) is 72.5 cm³/mol. The zero-order chi connectivity index (χ0) is 12.0. The normalized spacial score (nSPS) is 13.1. The Hall–Kier alpha value is -0.240. The van der Waals surface area contributed by atoms with Gasteiger partial charge in [0.2, 0.25) is 0 Å². The second kappa shape index (κ2) is 7.16. The lowest BCUT2D eigenvalue weighted by Crippen LogP contribution is -2.35. The van der Waals surface area contributed by atoms with Crippen molar-refractivity contribution < 1.29 is 0 Å². The lowest BCUT2D eigenvalue weighted by Gasteiger charge is -2.17. The lowest BCUT2D eigenvalue weighted by atomic mass is 10.1. The molecule has 1 atom stereocenters. The number of nitrogens with one attached hydrogen (secondary N) is 1. The third-order valence-electron chi connectivity index (χ3n) is 2.40. The molecule has 0 saturated carbocycles. The molecule has 0 radical (unpaired) electrons. The van der Waals surface area contributed by atoms with Crippen LogP contribution in [-0.4, -0.2) is 18.5 Å². The second-order valence-electron chi connectivity index (χ2n) is 4.48. The number of hydrogen-bond donors (Lipinski definition) is 1. The van der Waals surface area contributed by atoms with E-state index in [4.69, 9.17) is 23.2 Å². The Morgan fingerprint density at radius 2 is 1.81 bits per heavy atom. The SMILES string of the molecule is CC(C)CNC(CCl)Cc1ccc(Cl)cc1. The summed E-state index contributed by atoms with van der Waals surface area (Å²) in [5.41, 5.74) is 1.27. The van der Waals surface area contributed by atoms with Crippen molar-refractivity contribution >= 4 is 23.2 Å². The number of benzene rings is 1. The highest BCUT2D eigenvalue weighted by molar-refractivity contribution is 6.30. The molecule has 0 fully saturated rings. The predicted octanol–water partition coefficient (Wildman–Crippen LogP) is 3.74. The van der Waals surface area contributed by atoms with Gasteiger partial charge in [0.05, 0.1) is 0 Å². The summed E-state index contributed by atoms with van der Waals surface area (Å²) in [6.45, 7) is 5.39. The topological polar surface area (TPSA) is 12.0 Å². The molecule has 0 bridgehead atoms. The quantitative estimate of drug-likeness (QED) is 0.768. The van der Waals surface area contributed by atoms with Crippen molar-refractivity contribution in [3.05, 3.63) is 34.9 Å². The summed E-state index contributed by atoms with van der Waals surface area (Å²) in [5.74, 6) is 1.28. The second-order valence-corrected chi connectivity index (χ2v) is 5.23. The van der Waals surface area contributed by atoms with Crippen molar-refractivity contribution in [3.8, 4) is 0 Å². The standard InChI is InChI=1S/C13H19Cl2N/c1-10(2)9-16-13(8-14)7-11-3-5-12(15)6-4-11/h3-6,10,13,16H,7-9H2,1-2H3. The Morgan fingerprint density at radius 1 is 1.19 bits per heavy atom. The molecule has 0 aliphatic heterocycles. The largest absolute Gasteiger partial charge is 0.312 e. The van der Waals surface area contributed by atoms with E-state index in [1.807, 2.05) is 12.1 Å². The van der Waals surface area contributed by atoms with Crippen molar-refractivity contribution in [1.29, 1.82) is 0 Å². The first-order valence-corrected chi connectivity index (χ1v) is 6.57. The average molecular weight is 260 g/mol. The molecule has 3 heteroatoms. The monoisotopic (exact) mass is 259 g/mol. The molecule has 0 aromatic heterocycles. The number of rotatable bonds is 6. The summed E-state index contributed by atoms with van der Waals surface area (Å²) >= 11 is 11.8. The Balaban J connectivity index is 2.46. The van der Waals surface area contributed by atoms with Crippen LogP contribution in [0.5, 0.6) is 0 Å². The molecule has 1 aromatic carbocycles. The molecule has 1 N–H and O–H groups in total. The van der Waals surface area contributed by atoms with E-state index >= 15 is 0 Å². The van der Waals surface area contributed by atoms with Gasteiger partial charge >= 0.3 is 0 Å². The fraction of sp³-hybridized carbons (Fsp3) is 0.538. The molecule has 0 heterocycles. The summed E-state index contributed by atoms with van der Waals surface area (Å²) in [6, 6.07) is 8.29. The van der Waals surface area contributed by atoms with E-state index in [1.54, 1.807) is 0 Å². The van der Waals surface area contributed by atoms with Crippen LogP contribution in [0.2, 0.25) is 5.02 Å². The van der Waals surface area contributed by atoms with Crippen molar-refractivity contribution in [2.45, 2.75) is 26.3 Å². The van der Waals surface area contributed by atoms with Gasteiger partial charge in [-0.1, -0.05) is 37.6 Å². The van der Waals surface area contributed by atoms with Gasteiger partial charge in [-0.05, 0) is 36.6 Å². The molecule has 0 spiro atoms. The summed E-state index contributed by atoms with van der Waals surface area (Å²) < 4.78 is 0. The maximum Gasteiger partial charge on any atom is 0.0406 e. The maximum absolute atomic E-state index is 5.94. The van der Waals surface area contributed by atoms with Crippen LogP contribution >= 0.6 is 23.2 Å². The van der Waals surface area contributed by atoms with Crippen LogP contribution in [0.25, 0.3) is 0 Å². The van der Waals surface area contributed by atoms with Gasteiger partial charge in [-0.2, -0.15) is 0 Å². The van der Waals surface area contributed by atoms with Gasteiger partial charge in [0, 0.05) is 16.9 Å². The molecular formula is C13H19Cl2N. The molecule has 0 saturated heterocycles. The van der Waals surface area contributed by atoms with Crippen LogP contribution < -0.4 is 5.32 Å². The minimum absolute atomic E-state index is 0.338. The molecule has 0 aliphatic carbocycles. The molecule has 0 amide bonds. The fourth-order valence-corrected chi connectivity index (χ4v) is 1.83. The molecule has 16 heavy (non-hydrogen) atoms. The Morgan fingerprint density at radius 3 is 2.31 bits per heavy atom. The van der Waals surface area contributed by atoms with Crippen LogP contribution in [0.4, 0.5) is 0 Å². The van der Waals surface area contributed by atoms with Crippen LogP contribution in [0, 0.1) is 5.92 Å². The first-order chi connectivity index (χ1) is 7.61. The molecule has 1 aromatic rings. The zero-order valence-corrected chi connectivity index (χ0v) is 11.4. The summed E-state index contributed by atoms with van der Waals surface area (Å²) in [7, 11) is 0. The van der Waals surface area contributed by atoms with E-state index in [0.29, 0.717) is 17.8 Å². The van der Waals surface area contributed by atoms with E-state index in [2.05, 4.69) is 31.3 Å². The number of hydrogen-bond acceptors (Lipinski definition) is 1. The third-order valence-corrected chi connectivity index (χ3v) is 3.02. The van der Waals surface area contributed by atoms with E-state index in [0.717, 1.165) is 18.0 Å². The number of alkyl halides is 1. The highest BCUT2D eigenvalue weighted by atomic mass is 35.5. The highest BCUT2D eigenvalue weighted by Gasteiger charge is 2.08. The number of halogens is 2. The van der Waals surface area contributed by atoms with Gasteiger partial charge < -0.3 is 5.32 Å². The fourth-order valence-electron chi connectivity index (χ4n) is 1.49. The van der Waals surface area contributed by atoms with Gasteiger partial charge in [-0.15, -0.1) is 11.6 Å². The summed E-state index contributed by atoms with van der Waals surface area (Å²) in [5, 5.41) is 4.25. The van der Waals surface area contributed by atoms with Crippen molar-refractivity contribution in [1.82, 2.24) is 5.32 Å². The maximum atomic E-state index is 5.94. The van der Waals surface area contributed by atoms with Crippen molar-refractivity contribution in [2.24, 2.45) is 5.92 Å². The van der Waals surface area contributed by atoms with Crippen molar-refractivity contribution in [2.75, 3.05) is 12.4 Å². The summed E-state index contributed by atoms with van der Waals surface area (Å²) in [6.07, 6.45) is 0.952. The molecule has 1 nitrogen and oxygen atoms in total. The minimum atomic E-state index is 0.338. The Kier molecular flexibility index (Phi) is 6.18. The smallest absolute Gasteiger partial charge is 0.0406 e. The Labute approximate surface area is 108 Å². The van der Waals surface area contributed by atoms with E-state index in [1.165, 1.54) is 5.56 Å². The molecule has 0 aliphatic rings. The van der Waals surface area contributed by atoms with Crippen LogP contribution in [-0.2, 0) is 6.42 Å². The van der Waals surface area contributed by atoms with Gasteiger partial charge in [-0.3, -0.25) is 0 Å². The third kappa shape index (κ3) is 5.20. The highest BCUT2D eigenvalue weighted by Crippen LogP contribution is 2.11. The average Bonchev–Trinajstić information content (AvgIpc) is 2.26. The zero-order valence-electron chi connectivity index (χ0n) is 9.84. The van der Waals surface area contributed by atoms with Gasteiger partial charge in [0.25, 0.3) is 0 Å². The molecule has 1 unspecified atom stereocenters. The lowest BCUT2D eigenvalue weighted by molar-refractivity contribution is 0.485. The molecule has 90 valence electrons. The minimum Gasteiger partial charge on any atom is -0.312 e. The first-order valence-electron chi connectivity index (χ1n) is 5.65. The van der Waals surface area contributed by atoms with Gasteiger partial charge in [-0.25, -0.2) is 0 Å².